The lowest BCUT2D eigenvalue weighted by Gasteiger charge is -2.34. The molecule has 0 amide bonds. The molecule has 0 atom stereocenters. The standard InChI is InChI=1S/C33H35NO5/c1-2-39-31(36)19-18-26-22-30(32(37)38)34(23-25-12-6-3-7-13-25)29(26)20-21-33(24-35,27-14-8-4-9-15-27)28-16-10-5-11-17-28/h3-17,22,35H,2,18-21,23-24H2,1H3,(H,37,38). The van der Waals surface area contributed by atoms with Gasteiger partial charge in [-0.1, -0.05) is 91.0 Å². The molecule has 0 fully saturated rings. The van der Waals surface area contributed by atoms with Crippen LogP contribution in [0.15, 0.2) is 97.1 Å². The third-order valence-electron chi connectivity index (χ3n) is 7.32. The van der Waals surface area contributed by atoms with Gasteiger partial charge in [-0.25, -0.2) is 4.79 Å². The summed E-state index contributed by atoms with van der Waals surface area (Å²) in [6.45, 7) is 2.35. The molecule has 0 bridgehead atoms. The van der Waals surface area contributed by atoms with Gasteiger partial charge in [0.1, 0.15) is 5.69 Å². The Bertz CT molecular complexity index is 1320. The maximum Gasteiger partial charge on any atom is 0.352 e. The van der Waals surface area contributed by atoms with E-state index in [9.17, 15) is 19.8 Å². The molecule has 6 nitrogen and oxygen atoms in total. The Morgan fingerprint density at radius 1 is 0.846 bits per heavy atom. The first-order chi connectivity index (χ1) is 19.0. The first-order valence-electron chi connectivity index (χ1n) is 13.3. The molecule has 2 N–H and O–H groups in total. The highest BCUT2D eigenvalue weighted by atomic mass is 16.5. The second kappa shape index (κ2) is 13.1. The summed E-state index contributed by atoms with van der Waals surface area (Å²) in [5.74, 6) is -1.33. The quantitative estimate of drug-likeness (QED) is 0.221. The molecule has 1 heterocycles. The molecule has 39 heavy (non-hydrogen) atoms. The predicted molar refractivity (Wildman–Crippen MR) is 151 cm³/mol. The molecule has 0 aliphatic rings. The SMILES string of the molecule is CCOC(=O)CCc1cc(C(=O)O)n(Cc2ccccc2)c1CCC(CO)(c1ccccc1)c1ccccc1. The highest BCUT2D eigenvalue weighted by molar-refractivity contribution is 5.86. The van der Waals surface area contributed by atoms with Crippen molar-refractivity contribution in [2.24, 2.45) is 0 Å². The lowest BCUT2D eigenvalue weighted by molar-refractivity contribution is -0.143. The van der Waals surface area contributed by atoms with Crippen molar-refractivity contribution in [2.45, 2.75) is 44.6 Å². The summed E-state index contributed by atoms with van der Waals surface area (Å²) in [4.78, 5) is 24.6. The smallest absolute Gasteiger partial charge is 0.352 e. The maximum atomic E-state index is 12.4. The number of aliphatic hydroxyl groups excluding tert-OH is 1. The summed E-state index contributed by atoms with van der Waals surface area (Å²) in [6.07, 6.45) is 1.58. The van der Waals surface area contributed by atoms with Gasteiger partial charge in [-0.2, -0.15) is 0 Å². The molecule has 202 valence electrons. The maximum absolute atomic E-state index is 12.4. The number of aromatic nitrogens is 1. The number of hydrogen-bond donors (Lipinski definition) is 2. The fraction of sp³-hybridized carbons (Fsp3) is 0.273. The fourth-order valence-electron chi connectivity index (χ4n) is 5.31. The molecule has 4 aromatic rings. The Hall–Kier alpha value is -4.16. The Balaban J connectivity index is 1.78. The van der Waals surface area contributed by atoms with E-state index in [1.165, 1.54) is 0 Å². The number of carbonyl (C=O) groups excluding carboxylic acids is 1. The van der Waals surface area contributed by atoms with Crippen molar-refractivity contribution >= 4 is 11.9 Å². The zero-order valence-electron chi connectivity index (χ0n) is 22.3. The number of aliphatic hydroxyl groups is 1. The van der Waals surface area contributed by atoms with Crippen molar-refractivity contribution in [3.63, 3.8) is 0 Å². The minimum Gasteiger partial charge on any atom is -0.477 e. The van der Waals surface area contributed by atoms with E-state index in [2.05, 4.69) is 0 Å². The summed E-state index contributed by atoms with van der Waals surface area (Å²) in [5.41, 5.74) is 4.12. The van der Waals surface area contributed by atoms with Crippen molar-refractivity contribution in [3.05, 3.63) is 131 Å². The van der Waals surface area contributed by atoms with Crippen molar-refractivity contribution < 1.29 is 24.5 Å². The van der Waals surface area contributed by atoms with Crippen LogP contribution in [0.1, 0.15) is 58.2 Å². The van der Waals surface area contributed by atoms with E-state index >= 15 is 0 Å². The van der Waals surface area contributed by atoms with E-state index in [0.29, 0.717) is 32.4 Å². The second-order valence-electron chi connectivity index (χ2n) is 9.66. The Labute approximate surface area is 229 Å². The fourth-order valence-corrected chi connectivity index (χ4v) is 5.31. The van der Waals surface area contributed by atoms with Crippen LogP contribution in [0, 0.1) is 0 Å². The third kappa shape index (κ3) is 6.47. The molecule has 6 heteroatoms. The van der Waals surface area contributed by atoms with E-state index in [1.54, 1.807) is 13.0 Å². The number of aryl methyl sites for hydroxylation is 1. The largest absolute Gasteiger partial charge is 0.477 e. The van der Waals surface area contributed by atoms with Gasteiger partial charge in [-0.05, 0) is 54.5 Å². The van der Waals surface area contributed by atoms with Crippen molar-refractivity contribution in [1.29, 1.82) is 0 Å². The highest BCUT2D eigenvalue weighted by Gasteiger charge is 2.34. The summed E-state index contributed by atoms with van der Waals surface area (Å²) >= 11 is 0. The van der Waals surface area contributed by atoms with Crippen molar-refractivity contribution in [3.8, 4) is 0 Å². The van der Waals surface area contributed by atoms with Crippen LogP contribution in [-0.2, 0) is 34.3 Å². The molecule has 0 spiro atoms. The summed E-state index contributed by atoms with van der Waals surface area (Å²) in [6, 6.07) is 31.3. The number of carboxylic acid groups (broad SMARTS) is 1. The van der Waals surface area contributed by atoms with Gasteiger partial charge < -0.3 is 19.5 Å². The van der Waals surface area contributed by atoms with Gasteiger partial charge in [0.25, 0.3) is 0 Å². The number of aromatic carboxylic acids is 1. The molecule has 0 saturated heterocycles. The molecule has 0 aliphatic carbocycles. The van der Waals surface area contributed by atoms with Crippen LogP contribution >= 0.6 is 0 Å². The average molecular weight is 526 g/mol. The Morgan fingerprint density at radius 3 is 1.92 bits per heavy atom. The number of esters is 1. The van der Waals surface area contributed by atoms with Gasteiger partial charge >= 0.3 is 11.9 Å². The Kier molecular flexibility index (Phi) is 9.34. The van der Waals surface area contributed by atoms with Gasteiger partial charge in [0, 0.05) is 24.1 Å². The number of hydrogen-bond acceptors (Lipinski definition) is 4. The molecule has 0 radical (unpaired) electrons. The molecule has 0 aliphatic heterocycles. The lowest BCUT2D eigenvalue weighted by Crippen LogP contribution is -2.33. The summed E-state index contributed by atoms with van der Waals surface area (Å²) in [5, 5.41) is 21.0. The van der Waals surface area contributed by atoms with Crippen LogP contribution in [0.3, 0.4) is 0 Å². The second-order valence-corrected chi connectivity index (χ2v) is 9.66. The van der Waals surface area contributed by atoms with Crippen LogP contribution in [0.5, 0.6) is 0 Å². The number of rotatable bonds is 13. The predicted octanol–water partition coefficient (Wildman–Crippen LogP) is 5.64. The number of carbonyl (C=O) groups is 2. The van der Waals surface area contributed by atoms with Crippen LogP contribution in [0.2, 0.25) is 0 Å². The molecule has 0 unspecified atom stereocenters. The van der Waals surface area contributed by atoms with Crippen LogP contribution < -0.4 is 0 Å². The summed E-state index contributed by atoms with van der Waals surface area (Å²) in [7, 11) is 0. The number of ether oxygens (including phenoxy) is 1. The van der Waals surface area contributed by atoms with Gasteiger partial charge in [-0.15, -0.1) is 0 Å². The van der Waals surface area contributed by atoms with Crippen molar-refractivity contribution in [2.75, 3.05) is 13.2 Å². The van der Waals surface area contributed by atoms with Gasteiger partial charge in [-0.3, -0.25) is 4.79 Å². The van der Waals surface area contributed by atoms with Gasteiger partial charge in [0.2, 0.25) is 0 Å². The Morgan fingerprint density at radius 2 is 1.41 bits per heavy atom. The lowest BCUT2D eigenvalue weighted by atomic mass is 9.71. The molecule has 1 aromatic heterocycles. The van der Waals surface area contributed by atoms with E-state index in [0.717, 1.165) is 27.9 Å². The van der Waals surface area contributed by atoms with Crippen LogP contribution in [-0.4, -0.2) is 39.9 Å². The monoisotopic (exact) mass is 525 g/mol. The molecule has 4 rings (SSSR count). The van der Waals surface area contributed by atoms with E-state index < -0.39 is 11.4 Å². The molecular formula is C33H35NO5. The highest BCUT2D eigenvalue weighted by Crippen LogP contribution is 2.37. The average Bonchev–Trinajstić information content (AvgIpc) is 3.31. The van der Waals surface area contributed by atoms with E-state index in [-0.39, 0.29) is 24.7 Å². The normalized spacial score (nSPS) is 11.3. The number of nitrogens with zero attached hydrogens (tertiary/aromatic N) is 1. The minimum absolute atomic E-state index is 0.107. The van der Waals surface area contributed by atoms with Gasteiger partial charge in [0.15, 0.2) is 0 Å². The molecular weight excluding hydrogens is 490 g/mol. The summed E-state index contributed by atoms with van der Waals surface area (Å²) < 4.78 is 6.98. The van der Waals surface area contributed by atoms with E-state index in [4.69, 9.17) is 4.74 Å². The number of carboxylic acids is 1. The zero-order chi connectivity index (χ0) is 27.7. The third-order valence-corrected chi connectivity index (χ3v) is 7.32. The first kappa shape index (κ1) is 27.9. The number of benzene rings is 3. The first-order valence-corrected chi connectivity index (χ1v) is 13.3. The molecule has 3 aromatic carbocycles. The topological polar surface area (TPSA) is 88.8 Å². The van der Waals surface area contributed by atoms with Crippen LogP contribution in [0.4, 0.5) is 0 Å². The van der Waals surface area contributed by atoms with E-state index in [1.807, 2.05) is 95.6 Å². The zero-order valence-corrected chi connectivity index (χ0v) is 22.3. The minimum atomic E-state index is -1.02. The van der Waals surface area contributed by atoms with Gasteiger partial charge in [0.05, 0.1) is 13.2 Å². The van der Waals surface area contributed by atoms with Crippen LogP contribution in [0.25, 0.3) is 0 Å². The molecule has 0 saturated carbocycles. The van der Waals surface area contributed by atoms with Crippen molar-refractivity contribution in [1.82, 2.24) is 4.57 Å².